The molecular formula is C25H32O9. The highest BCUT2D eigenvalue weighted by Crippen LogP contribution is 2.64. The molecule has 9 heteroatoms. The molecule has 0 saturated heterocycles. The predicted molar refractivity (Wildman–Crippen MR) is 119 cm³/mol. The van der Waals surface area contributed by atoms with E-state index in [-0.39, 0.29) is 62.2 Å². The third-order valence-corrected chi connectivity index (χ3v) is 7.39. The number of carboxylic acid groups (broad SMARTS) is 2. The van der Waals surface area contributed by atoms with Gasteiger partial charge in [0, 0.05) is 48.2 Å². The first-order chi connectivity index (χ1) is 15.9. The number of fused-ring (bicyclic) bond motifs is 1. The standard InChI is InChI=1S/C25H32O9/c1-14-21-16(22(32)15(2)25(14)10-11-25)12-24(3,13-33-19(30)8-4-6-17(26)27)23(21)34-20(31)9-5-7-18(28)29/h12,15,23H,4-11,13H2,1-3H3,(H,26,27)(H,28,29)/t15-,23?,24?/m1/s1. The molecule has 0 aromatic carbocycles. The zero-order valence-electron chi connectivity index (χ0n) is 19.8. The molecular weight excluding hydrogens is 444 g/mol. The monoisotopic (exact) mass is 476 g/mol. The second-order valence-corrected chi connectivity index (χ2v) is 9.87. The molecule has 0 aromatic heterocycles. The smallest absolute Gasteiger partial charge is 0.306 e. The number of allylic oxidation sites excluding steroid dienone is 1. The van der Waals surface area contributed by atoms with Crippen LogP contribution in [0, 0.1) is 16.7 Å². The lowest BCUT2D eigenvalue weighted by Gasteiger charge is -2.36. The van der Waals surface area contributed by atoms with E-state index >= 15 is 0 Å². The van der Waals surface area contributed by atoms with Crippen LogP contribution in [0.15, 0.2) is 22.8 Å². The maximum Gasteiger partial charge on any atom is 0.306 e. The van der Waals surface area contributed by atoms with Crippen molar-refractivity contribution < 1.29 is 43.7 Å². The van der Waals surface area contributed by atoms with Gasteiger partial charge in [-0.2, -0.15) is 0 Å². The lowest BCUT2D eigenvalue weighted by molar-refractivity contribution is -0.156. The zero-order chi connectivity index (χ0) is 25.3. The summed E-state index contributed by atoms with van der Waals surface area (Å²) in [5, 5.41) is 17.6. The minimum absolute atomic E-state index is 0.0125. The largest absolute Gasteiger partial charge is 0.481 e. The van der Waals surface area contributed by atoms with E-state index in [1.54, 1.807) is 13.0 Å². The second-order valence-electron chi connectivity index (χ2n) is 9.87. The molecule has 0 amide bonds. The van der Waals surface area contributed by atoms with Crippen molar-refractivity contribution in [3.8, 4) is 0 Å². The van der Waals surface area contributed by atoms with Crippen LogP contribution >= 0.6 is 0 Å². The third kappa shape index (κ3) is 5.08. The fourth-order valence-corrected chi connectivity index (χ4v) is 5.15. The molecule has 0 heterocycles. The van der Waals surface area contributed by atoms with E-state index in [0.717, 1.165) is 18.4 Å². The first-order valence-electron chi connectivity index (χ1n) is 11.7. The van der Waals surface area contributed by atoms with Crippen LogP contribution in [0.4, 0.5) is 0 Å². The third-order valence-electron chi connectivity index (χ3n) is 7.39. The maximum atomic E-state index is 13.2. The van der Waals surface area contributed by atoms with Gasteiger partial charge in [-0.15, -0.1) is 0 Å². The number of carbonyl (C=O) groups excluding carboxylic acids is 3. The molecule has 1 saturated carbocycles. The predicted octanol–water partition coefficient (Wildman–Crippen LogP) is 3.21. The number of hydrogen-bond donors (Lipinski definition) is 2. The topological polar surface area (TPSA) is 144 Å². The Hall–Kier alpha value is -2.97. The molecule has 0 aromatic rings. The molecule has 0 aliphatic heterocycles. The van der Waals surface area contributed by atoms with Crippen LogP contribution in [0.25, 0.3) is 0 Å². The van der Waals surface area contributed by atoms with Crippen molar-refractivity contribution in [3.05, 3.63) is 22.8 Å². The van der Waals surface area contributed by atoms with Crippen LogP contribution in [-0.4, -0.2) is 52.6 Å². The number of ether oxygens (including phenoxy) is 2. The summed E-state index contributed by atoms with van der Waals surface area (Å²) in [6.45, 7) is 5.51. The van der Waals surface area contributed by atoms with E-state index < -0.39 is 35.4 Å². The fraction of sp³-hybridized carbons (Fsp3) is 0.640. The summed E-state index contributed by atoms with van der Waals surface area (Å²) in [7, 11) is 0. The zero-order valence-corrected chi connectivity index (χ0v) is 19.8. The fourth-order valence-electron chi connectivity index (χ4n) is 5.15. The van der Waals surface area contributed by atoms with Gasteiger partial charge in [-0.3, -0.25) is 24.0 Å². The lowest BCUT2D eigenvalue weighted by atomic mass is 9.70. The number of hydrogen-bond acceptors (Lipinski definition) is 7. The second kappa shape index (κ2) is 9.72. The van der Waals surface area contributed by atoms with Gasteiger partial charge >= 0.3 is 23.9 Å². The van der Waals surface area contributed by atoms with Crippen molar-refractivity contribution in [2.45, 2.75) is 78.2 Å². The summed E-state index contributed by atoms with van der Waals surface area (Å²) in [5.41, 5.74) is 0.987. The summed E-state index contributed by atoms with van der Waals surface area (Å²) in [5.74, 6) is -3.33. The van der Waals surface area contributed by atoms with Gasteiger partial charge in [-0.05, 0) is 39.5 Å². The average molecular weight is 477 g/mol. The highest BCUT2D eigenvalue weighted by molar-refractivity contribution is 6.05. The van der Waals surface area contributed by atoms with Gasteiger partial charge in [0.2, 0.25) is 0 Å². The van der Waals surface area contributed by atoms with Crippen LogP contribution < -0.4 is 0 Å². The van der Waals surface area contributed by atoms with Crippen molar-refractivity contribution in [2.24, 2.45) is 16.7 Å². The normalized spacial score (nSPS) is 26.7. The van der Waals surface area contributed by atoms with E-state index in [9.17, 15) is 24.0 Å². The molecule has 9 nitrogen and oxygen atoms in total. The summed E-state index contributed by atoms with van der Waals surface area (Å²) < 4.78 is 11.3. The Morgan fingerprint density at radius 1 is 1.00 bits per heavy atom. The molecule has 34 heavy (non-hydrogen) atoms. The van der Waals surface area contributed by atoms with Crippen LogP contribution in [0.5, 0.6) is 0 Å². The van der Waals surface area contributed by atoms with E-state index in [4.69, 9.17) is 19.7 Å². The summed E-state index contributed by atoms with van der Waals surface area (Å²) in [6, 6.07) is 0. The number of carboxylic acids is 2. The molecule has 3 rings (SSSR count). The molecule has 2 unspecified atom stereocenters. The number of Topliss-reactive ketones (excluding diaryl/α,β-unsaturated/α-hetero) is 1. The van der Waals surface area contributed by atoms with E-state index in [2.05, 4.69) is 0 Å². The van der Waals surface area contributed by atoms with Gasteiger partial charge in [0.1, 0.15) is 12.7 Å². The Labute approximate surface area is 198 Å². The summed E-state index contributed by atoms with van der Waals surface area (Å²) >= 11 is 0. The quantitative estimate of drug-likeness (QED) is 0.429. The number of ketones is 1. The number of esters is 2. The Morgan fingerprint density at radius 2 is 1.56 bits per heavy atom. The van der Waals surface area contributed by atoms with E-state index in [1.165, 1.54) is 0 Å². The Bertz CT molecular complexity index is 969. The van der Waals surface area contributed by atoms with Gasteiger partial charge in [-0.25, -0.2) is 0 Å². The van der Waals surface area contributed by atoms with Gasteiger partial charge < -0.3 is 19.7 Å². The first-order valence-corrected chi connectivity index (χ1v) is 11.7. The average Bonchev–Trinajstić information content (AvgIpc) is 3.50. The summed E-state index contributed by atoms with van der Waals surface area (Å²) in [6.07, 6.45) is 2.52. The molecule has 0 radical (unpaired) electrons. The van der Waals surface area contributed by atoms with Gasteiger partial charge in [0.15, 0.2) is 5.78 Å². The molecule has 1 spiro atoms. The van der Waals surface area contributed by atoms with Crippen LogP contribution in [0.1, 0.15) is 72.1 Å². The number of rotatable bonds is 11. The van der Waals surface area contributed by atoms with Crippen molar-refractivity contribution in [1.29, 1.82) is 0 Å². The Morgan fingerprint density at radius 3 is 2.09 bits per heavy atom. The molecule has 186 valence electrons. The van der Waals surface area contributed by atoms with Crippen LogP contribution in [0.3, 0.4) is 0 Å². The molecule has 2 N–H and O–H groups in total. The van der Waals surface area contributed by atoms with Crippen molar-refractivity contribution in [3.63, 3.8) is 0 Å². The van der Waals surface area contributed by atoms with Crippen molar-refractivity contribution in [2.75, 3.05) is 6.61 Å². The van der Waals surface area contributed by atoms with Crippen molar-refractivity contribution >= 4 is 29.7 Å². The van der Waals surface area contributed by atoms with E-state index in [0.29, 0.717) is 11.1 Å². The van der Waals surface area contributed by atoms with Gasteiger partial charge in [0.05, 0.1) is 5.41 Å². The SMILES string of the molecule is CC1=C2C(=CC(C)(COC(=O)CCCC(=O)O)C2OC(=O)CCCC(=O)O)C(=O)[C@@H](C)C12CC2. The number of carbonyl (C=O) groups is 5. The van der Waals surface area contributed by atoms with Gasteiger partial charge in [-0.1, -0.05) is 18.6 Å². The highest BCUT2D eigenvalue weighted by atomic mass is 16.6. The number of aliphatic carboxylic acids is 2. The van der Waals surface area contributed by atoms with E-state index in [1.807, 2.05) is 13.8 Å². The lowest BCUT2D eigenvalue weighted by Crippen LogP contribution is -2.40. The first kappa shape index (κ1) is 25.6. The minimum atomic E-state index is -1.00. The highest BCUT2D eigenvalue weighted by Gasteiger charge is 2.60. The molecule has 1 fully saturated rings. The van der Waals surface area contributed by atoms with Crippen LogP contribution in [0.2, 0.25) is 0 Å². The van der Waals surface area contributed by atoms with Crippen molar-refractivity contribution in [1.82, 2.24) is 0 Å². The summed E-state index contributed by atoms with van der Waals surface area (Å²) in [4.78, 5) is 59.5. The van der Waals surface area contributed by atoms with Gasteiger partial charge in [0.25, 0.3) is 0 Å². The maximum absolute atomic E-state index is 13.2. The molecule has 3 aliphatic carbocycles. The Balaban J connectivity index is 1.82. The molecule has 3 atom stereocenters. The minimum Gasteiger partial charge on any atom is -0.481 e. The molecule has 3 aliphatic rings. The van der Waals surface area contributed by atoms with Crippen LogP contribution in [-0.2, 0) is 33.4 Å². The molecule has 0 bridgehead atoms. The Kier molecular flexibility index (Phi) is 7.33.